The molecular weight excluding hydrogens is 343 g/mol. The van der Waals surface area contributed by atoms with Crippen molar-refractivity contribution in [3.05, 3.63) is 34.6 Å². The molecule has 3 rings (SSSR count). The summed E-state index contributed by atoms with van der Waals surface area (Å²) in [4.78, 5) is 26.5. The first-order chi connectivity index (χ1) is 12.0. The molecule has 2 amide bonds. The Bertz CT molecular complexity index is 638. The number of carbonyl (C=O) groups is 2. The Kier molecular flexibility index (Phi) is 5.94. The molecule has 1 aliphatic heterocycles. The number of likely N-dealkylation sites (tertiary alicyclic amines) is 1. The molecule has 25 heavy (non-hydrogen) atoms. The molecule has 1 aliphatic carbocycles. The fraction of sp³-hybridized carbons (Fsp3) is 0.579. The first kappa shape index (κ1) is 18.2. The highest BCUT2D eigenvalue weighted by atomic mass is 35.5. The van der Waals surface area contributed by atoms with Crippen LogP contribution in [0.1, 0.15) is 55.3 Å². The Balaban J connectivity index is 1.52. The van der Waals surface area contributed by atoms with Crippen LogP contribution in [0.3, 0.4) is 0 Å². The second-order valence-corrected chi connectivity index (χ2v) is 7.47. The van der Waals surface area contributed by atoms with Gasteiger partial charge in [-0.05, 0) is 43.9 Å². The van der Waals surface area contributed by atoms with E-state index in [0.717, 1.165) is 25.7 Å². The summed E-state index contributed by atoms with van der Waals surface area (Å²) in [5, 5.41) is 3.48. The lowest BCUT2D eigenvalue weighted by Gasteiger charge is -2.33. The lowest BCUT2D eigenvalue weighted by molar-refractivity contribution is -0.126. The molecule has 0 bridgehead atoms. The lowest BCUT2D eigenvalue weighted by Crippen LogP contribution is -2.48. The molecule has 0 atom stereocenters. The van der Waals surface area contributed by atoms with Crippen molar-refractivity contribution >= 4 is 23.4 Å². The quantitative estimate of drug-likeness (QED) is 0.885. The summed E-state index contributed by atoms with van der Waals surface area (Å²) < 4.78 is 13.9. The highest BCUT2D eigenvalue weighted by molar-refractivity contribution is 6.31. The first-order valence-electron chi connectivity index (χ1n) is 9.09. The number of hydrogen-bond donors (Lipinski definition) is 1. The molecule has 1 aromatic carbocycles. The van der Waals surface area contributed by atoms with E-state index in [-0.39, 0.29) is 29.3 Å². The van der Waals surface area contributed by atoms with Crippen LogP contribution in [0.2, 0.25) is 5.02 Å². The van der Waals surface area contributed by atoms with Gasteiger partial charge in [0.2, 0.25) is 5.91 Å². The smallest absolute Gasteiger partial charge is 0.256 e. The summed E-state index contributed by atoms with van der Waals surface area (Å²) in [5.74, 6) is -0.585. The highest BCUT2D eigenvalue weighted by Gasteiger charge is 2.28. The zero-order valence-electron chi connectivity index (χ0n) is 14.3. The molecule has 0 radical (unpaired) electrons. The molecule has 1 heterocycles. The second-order valence-electron chi connectivity index (χ2n) is 7.03. The van der Waals surface area contributed by atoms with Crippen LogP contribution in [0.15, 0.2) is 18.2 Å². The summed E-state index contributed by atoms with van der Waals surface area (Å²) in [6.07, 6.45) is 6.87. The topological polar surface area (TPSA) is 49.4 Å². The fourth-order valence-corrected chi connectivity index (χ4v) is 3.91. The van der Waals surface area contributed by atoms with Crippen molar-refractivity contribution in [1.29, 1.82) is 0 Å². The van der Waals surface area contributed by atoms with Gasteiger partial charge in [-0.1, -0.05) is 30.9 Å². The number of carbonyl (C=O) groups excluding carboxylic acids is 2. The van der Waals surface area contributed by atoms with Gasteiger partial charge >= 0.3 is 0 Å². The molecule has 136 valence electrons. The standard InChI is InChI=1S/C19H24ClFN2O2/c20-14-6-7-17(21)16(12-14)19(25)23-10-8-15(9-11-23)22-18(24)13-4-2-1-3-5-13/h6-7,12-13,15H,1-5,8-11H2,(H,22,24). The van der Waals surface area contributed by atoms with E-state index in [9.17, 15) is 14.0 Å². The van der Waals surface area contributed by atoms with Gasteiger partial charge in [0.1, 0.15) is 5.82 Å². The summed E-state index contributed by atoms with van der Waals surface area (Å²) in [6.45, 7) is 1.03. The van der Waals surface area contributed by atoms with Gasteiger partial charge in [-0.25, -0.2) is 4.39 Å². The highest BCUT2D eigenvalue weighted by Crippen LogP contribution is 2.24. The molecular formula is C19H24ClFN2O2. The molecule has 1 N–H and O–H groups in total. The third-order valence-corrected chi connectivity index (χ3v) is 5.50. The second kappa shape index (κ2) is 8.17. The van der Waals surface area contributed by atoms with E-state index >= 15 is 0 Å². The van der Waals surface area contributed by atoms with Gasteiger partial charge in [-0.3, -0.25) is 9.59 Å². The van der Waals surface area contributed by atoms with E-state index < -0.39 is 5.82 Å². The third kappa shape index (κ3) is 4.51. The van der Waals surface area contributed by atoms with Gasteiger partial charge in [0.05, 0.1) is 5.56 Å². The summed E-state index contributed by atoms with van der Waals surface area (Å²) in [6, 6.07) is 4.12. The van der Waals surface area contributed by atoms with Crippen LogP contribution in [0.4, 0.5) is 4.39 Å². The van der Waals surface area contributed by atoms with Crippen LogP contribution >= 0.6 is 11.6 Å². The van der Waals surface area contributed by atoms with E-state index in [2.05, 4.69) is 5.32 Å². The van der Waals surface area contributed by atoms with Crippen molar-refractivity contribution in [2.75, 3.05) is 13.1 Å². The monoisotopic (exact) mass is 366 g/mol. The van der Waals surface area contributed by atoms with Crippen LogP contribution in [0.5, 0.6) is 0 Å². The van der Waals surface area contributed by atoms with Crippen molar-refractivity contribution in [2.24, 2.45) is 5.92 Å². The Morgan fingerprint density at radius 3 is 2.44 bits per heavy atom. The third-order valence-electron chi connectivity index (χ3n) is 5.26. The summed E-state index contributed by atoms with van der Waals surface area (Å²) in [5.41, 5.74) is 0.0113. The summed E-state index contributed by atoms with van der Waals surface area (Å²) in [7, 11) is 0. The normalized spacial score (nSPS) is 19.7. The van der Waals surface area contributed by atoms with Crippen molar-refractivity contribution in [3.8, 4) is 0 Å². The summed E-state index contributed by atoms with van der Waals surface area (Å²) >= 11 is 5.87. The molecule has 1 aromatic rings. The maximum atomic E-state index is 13.9. The Morgan fingerprint density at radius 2 is 1.76 bits per heavy atom. The number of hydrogen-bond acceptors (Lipinski definition) is 2. The van der Waals surface area contributed by atoms with Gasteiger partial charge in [0.25, 0.3) is 5.91 Å². The zero-order chi connectivity index (χ0) is 17.8. The molecule has 0 spiro atoms. The van der Waals surface area contributed by atoms with E-state index in [1.165, 1.54) is 24.6 Å². The molecule has 0 aromatic heterocycles. The maximum absolute atomic E-state index is 13.9. The molecule has 2 aliphatic rings. The fourth-order valence-electron chi connectivity index (χ4n) is 3.74. The maximum Gasteiger partial charge on any atom is 0.256 e. The van der Waals surface area contributed by atoms with Crippen molar-refractivity contribution in [3.63, 3.8) is 0 Å². The van der Waals surface area contributed by atoms with E-state index in [1.54, 1.807) is 4.90 Å². The van der Waals surface area contributed by atoms with Crippen molar-refractivity contribution < 1.29 is 14.0 Å². The van der Waals surface area contributed by atoms with Crippen LogP contribution in [-0.4, -0.2) is 35.8 Å². The van der Waals surface area contributed by atoms with Crippen molar-refractivity contribution in [1.82, 2.24) is 10.2 Å². The van der Waals surface area contributed by atoms with Gasteiger partial charge in [-0.15, -0.1) is 0 Å². The van der Waals surface area contributed by atoms with Crippen LogP contribution < -0.4 is 5.32 Å². The first-order valence-corrected chi connectivity index (χ1v) is 9.47. The largest absolute Gasteiger partial charge is 0.353 e. The number of piperidine rings is 1. The van der Waals surface area contributed by atoms with Gasteiger partial charge in [0.15, 0.2) is 0 Å². The van der Waals surface area contributed by atoms with Crippen LogP contribution in [0, 0.1) is 11.7 Å². The van der Waals surface area contributed by atoms with Crippen molar-refractivity contribution in [2.45, 2.75) is 51.0 Å². The molecule has 1 saturated heterocycles. The Hall–Kier alpha value is -1.62. The van der Waals surface area contributed by atoms with Gasteiger partial charge < -0.3 is 10.2 Å². The van der Waals surface area contributed by atoms with E-state index in [4.69, 9.17) is 11.6 Å². The van der Waals surface area contributed by atoms with Crippen LogP contribution in [-0.2, 0) is 4.79 Å². The van der Waals surface area contributed by atoms with E-state index in [1.807, 2.05) is 0 Å². The molecule has 6 heteroatoms. The van der Waals surface area contributed by atoms with E-state index in [0.29, 0.717) is 31.0 Å². The molecule has 4 nitrogen and oxygen atoms in total. The minimum atomic E-state index is -0.554. The van der Waals surface area contributed by atoms with Gasteiger partial charge in [0, 0.05) is 30.1 Å². The molecule has 1 saturated carbocycles. The number of nitrogens with zero attached hydrogens (tertiary/aromatic N) is 1. The van der Waals surface area contributed by atoms with Gasteiger partial charge in [-0.2, -0.15) is 0 Å². The predicted octanol–water partition coefficient (Wildman–Crippen LogP) is 3.78. The Morgan fingerprint density at radius 1 is 1.08 bits per heavy atom. The number of amides is 2. The molecule has 0 unspecified atom stereocenters. The minimum absolute atomic E-state index is 0.0113. The molecule has 2 fully saturated rings. The number of halogens is 2. The lowest BCUT2D eigenvalue weighted by atomic mass is 9.88. The SMILES string of the molecule is O=C(NC1CCN(C(=O)c2cc(Cl)ccc2F)CC1)C1CCCCC1. The number of nitrogens with one attached hydrogen (secondary N) is 1. The van der Waals surface area contributed by atoms with Crippen LogP contribution in [0.25, 0.3) is 0 Å². The minimum Gasteiger partial charge on any atom is -0.353 e. The average molecular weight is 367 g/mol. The average Bonchev–Trinajstić information content (AvgIpc) is 2.64. The Labute approximate surface area is 152 Å². The number of rotatable bonds is 3. The number of benzene rings is 1. The predicted molar refractivity (Wildman–Crippen MR) is 95.1 cm³/mol. The zero-order valence-corrected chi connectivity index (χ0v) is 15.0.